The van der Waals surface area contributed by atoms with E-state index in [1.54, 1.807) is 24.6 Å². The molecule has 0 spiro atoms. The van der Waals surface area contributed by atoms with E-state index in [0.29, 0.717) is 36.3 Å². The van der Waals surface area contributed by atoms with Crippen LogP contribution in [0, 0.1) is 6.92 Å². The van der Waals surface area contributed by atoms with Crippen molar-refractivity contribution in [1.82, 2.24) is 20.1 Å². The van der Waals surface area contributed by atoms with E-state index < -0.39 is 17.6 Å². The number of thioether (sulfide) groups is 1. The van der Waals surface area contributed by atoms with Crippen molar-refractivity contribution in [3.63, 3.8) is 0 Å². The van der Waals surface area contributed by atoms with Crippen molar-refractivity contribution in [2.45, 2.75) is 38.4 Å². The first-order chi connectivity index (χ1) is 16.7. The average molecular weight is 504 g/mol. The van der Waals surface area contributed by atoms with Crippen molar-refractivity contribution in [3.05, 3.63) is 70.5 Å². The lowest BCUT2D eigenvalue weighted by Gasteiger charge is -2.23. The van der Waals surface area contributed by atoms with Gasteiger partial charge in [-0.1, -0.05) is 24.3 Å². The summed E-state index contributed by atoms with van der Waals surface area (Å²) in [7, 11) is 0. The van der Waals surface area contributed by atoms with E-state index in [2.05, 4.69) is 20.7 Å². The minimum absolute atomic E-state index is 0.211. The summed E-state index contributed by atoms with van der Waals surface area (Å²) < 4.78 is 40.5. The minimum atomic E-state index is -4.40. The van der Waals surface area contributed by atoms with E-state index in [9.17, 15) is 22.8 Å². The first kappa shape index (κ1) is 24.8. The van der Waals surface area contributed by atoms with Crippen LogP contribution in [0.5, 0.6) is 0 Å². The van der Waals surface area contributed by atoms with Crippen LogP contribution in [0.3, 0.4) is 0 Å². The van der Waals surface area contributed by atoms with Crippen molar-refractivity contribution in [2.24, 2.45) is 0 Å². The summed E-state index contributed by atoms with van der Waals surface area (Å²) in [6.07, 6.45) is 0.247. The number of anilines is 1. The maximum atomic E-state index is 13.1. The molecule has 0 fully saturated rings. The van der Waals surface area contributed by atoms with Gasteiger partial charge in [-0.3, -0.25) is 9.59 Å². The Balaban J connectivity index is 1.58. The van der Waals surface area contributed by atoms with Gasteiger partial charge in [0.15, 0.2) is 11.6 Å². The van der Waals surface area contributed by atoms with E-state index in [0.717, 1.165) is 17.7 Å². The molecule has 0 bridgehead atoms. The number of benzene rings is 1. The molecule has 3 heterocycles. The number of aromatic nitrogens is 3. The number of alkyl halides is 3. The second-order valence-corrected chi connectivity index (χ2v) is 9.23. The Morgan fingerprint density at radius 3 is 2.77 bits per heavy atom. The van der Waals surface area contributed by atoms with Crippen LogP contribution in [0.15, 0.2) is 42.6 Å². The van der Waals surface area contributed by atoms with E-state index >= 15 is 0 Å². The molecule has 2 N–H and O–H groups in total. The van der Waals surface area contributed by atoms with Crippen molar-refractivity contribution in [3.8, 4) is 5.82 Å². The zero-order valence-electron chi connectivity index (χ0n) is 19.1. The Morgan fingerprint density at radius 1 is 1.29 bits per heavy atom. The normalized spacial score (nSPS) is 15.5. The highest BCUT2D eigenvalue weighted by Crippen LogP contribution is 2.31. The largest absolute Gasteiger partial charge is 0.416 e. The van der Waals surface area contributed by atoms with Gasteiger partial charge >= 0.3 is 6.18 Å². The minimum Gasteiger partial charge on any atom is -0.349 e. The van der Waals surface area contributed by atoms with Gasteiger partial charge in [-0.05, 0) is 49.3 Å². The Kier molecular flexibility index (Phi) is 7.15. The summed E-state index contributed by atoms with van der Waals surface area (Å²) in [6.45, 7) is 1.90. The fourth-order valence-corrected chi connectivity index (χ4v) is 4.31. The van der Waals surface area contributed by atoms with Gasteiger partial charge in [0.1, 0.15) is 5.56 Å². The number of nitrogens with one attached hydrogen (secondary N) is 2. The average Bonchev–Trinajstić information content (AvgIpc) is 3.16. The molecule has 1 aromatic carbocycles. The molecular weight excluding hydrogens is 479 g/mol. The summed E-state index contributed by atoms with van der Waals surface area (Å²) in [5.74, 6) is 0.260. The highest BCUT2D eigenvalue weighted by Gasteiger charge is 2.33. The van der Waals surface area contributed by atoms with E-state index in [1.165, 1.54) is 22.5 Å². The van der Waals surface area contributed by atoms with E-state index in [1.807, 2.05) is 13.0 Å². The van der Waals surface area contributed by atoms with Crippen molar-refractivity contribution in [2.75, 3.05) is 17.3 Å². The Bertz CT molecular complexity index is 1240. The van der Waals surface area contributed by atoms with Crippen molar-refractivity contribution >= 4 is 29.4 Å². The van der Waals surface area contributed by atoms with Gasteiger partial charge in [0, 0.05) is 18.7 Å². The maximum absolute atomic E-state index is 13.1. The lowest BCUT2D eigenvalue weighted by Crippen LogP contribution is -2.41. The molecule has 35 heavy (non-hydrogen) atoms. The molecule has 11 heteroatoms. The number of nitrogens with zero attached hydrogens (tertiary/aromatic N) is 3. The third-order valence-electron chi connectivity index (χ3n) is 5.64. The molecule has 1 atom stereocenters. The Morgan fingerprint density at radius 2 is 2.09 bits per heavy atom. The number of hydrogen-bond acceptors (Lipinski definition) is 5. The van der Waals surface area contributed by atoms with Gasteiger partial charge in [-0.2, -0.15) is 34.7 Å². The molecule has 4 rings (SSSR count). The number of aryl methyl sites for hydroxylation is 2. The molecule has 1 unspecified atom stereocenters. The molecule has 184 valence electrons. The third kappa shape index (κ3) is 5.67. The lowest BCUT2D eigenvalue weighted by atomic mass is 9.95. The smallest absolute Gasteiger partial charge is 0.349 e. The lowest BCUT2D eigenvalue weighted by molar-refractivity contribution is -0.137. The zero-order valence-corrected chi connectivity index (χ0v) is 20.0. The van der Waals surface area contributed by atoms with Crippen molar-refractivity contribution in [1.29, 1.82) is 0 Å². The predicted molar refractivity (Wildman–Crippen MR) is 128 cm³/mol. The number of carbonyl (C=O) groups excluding carboxylic acids is 2. The third-order valence-corrected chi connectivity index (χ3v) is 6.19. The first-order valence-electron chi connectivity index (χ1n) is 11.0. The summed E-state index contributed by atoms with van der Waals surface area (Å²) in [4.78, 5) is 29.8. The van der Waals surface area contributed by atoms with Gasteiger partial charge < -0.3 is 10.6 Å². The highest BCUT2D eigenvalue weighted by molar-refractivity contribution is 7.99. The number of amides is 2. The van der Waals surface area contributed by atoms with Crippen LogP contribution in [0.1, 0.15) is 39.2 Å². The quantitative estimate of drug-likeness (QED) is 0.505. The molecule has 0 aliphatic carbocycles. The monoisotopic (exact) mass is 503 g/mol. The predicted octanol–water partition coefficient (Wildman–Crippen LogP) is 4.18. The van der Waals surface area contributed by atoms with Gasteiger partial charge in [-0.15, -0.1) is 0 Å². The topological polar surface area (TPSA) is 88.9 Å². The van der Waals surface area contributed by atoms with Crippen LogP contribution in [-0.2, 0) is 23.8 Å². The van der Waals surface area contributed by atoms with Gasteiger partial charge in [0.25, 0.3) is 5.91 Å². The van der Waals surface area contributed by atoms with Crippen LogP contribution < -0.4 is 10.6 Å². The zero-order chi connectivity index (χ0) is 25.2. The molecule has 2 amide bonds. The second kappa shape index (κ2) is 10.1. The second-order valence-electron chi connectivity index (χ2n) is 8.37. The van der Waals surface area contributed by atoms with Crippen molar-refractivity contribution < 1.29 is 22.8 Å². The SMILES string of the molecule is CSCC(=O)Nc1c2c(nn1-c1ccc(C)cn1)CC(CCc1cccc(C(F)(F)F)c1)NC2=O. The molecule has 1 aliphatic heterocycles. The van der Waals surface area contributed by atoms with Crippen LogP contribution in [-0.4, -0.2) is 44.6 Å². The Labute approximate surface area is 204 Å². The summed E-state index contributed by atoms with van der Waals surface area (Å²) in [5.41, 5.74) is 1.58. The maximum Gasteiger partial charge on any atom is 0.416 e. The first-order valence-corrected chi connectivity index (χ1v) is 12.4. The summed E-state index contributed by atoms with van der Waals surface area (Å²) in [5, 5.41) is 10.3. The molecule has 0 saturated carbocycles. The Hall–Kier alpha value is -3.34. The van der Waals surface area contributed by atoms with Gasteiger partial charge in [-0.25, -0.2) is 4.98 Å². The number of fused-ring (bicyclic) bond motifs is 1. The van der Waals surface area contributed by atoms with Gasteiger partial charge in [0.2, 0.25) is 5.91 Å². The fraction of sp³-hybridized carbons (Fsp3) is 0.333. The molecule has 7 nitrogen and oxygen atoms in total. The molecular formula is C24H24F3N5O2S. The van der Waals surface area contributed by atoms with Gasteiger partial charge in [0.05, 0.1) is 17.0 Å². The standard InChI is InChI=1S/C24H24F3N5O2S/c1-14-6-9-19(28-12-14)32-22(30-20(33)13-35-2)21-18(31-32)11-17(29-23(21)34)8-7-15-4-3-5-16(10-15)24(25,26)27/h3-6,9-10,12,17H,7-8,11,13H2,1-2H3,(H,29,34)(H,30,33). The number of pyridine rings is 1. The number of halogens is 3. The molecule has 1 aliphatic rings. The van der Waals surface area contributed by atoms with Crippen LogP contribution in [0.25, 0.3) is 5.82 Å². The van der Waals surface area contributed by atoms with Crippen LogP contribution in [0.2, 0.25) is 0 Å². The van der Waals surface area contributed by atoms with Crippen LogP contribution in [0.4, 0.5) is 19.0 Å². The molecule has 0 radical (unpaired) electrons. The van der Waals surface area contributed by atoms with E-state index in [-0.39, 0.29) is 29.1 Å². The number of carbonyl (C=O) groups is 2. The highest BCUT2D eigenvalue weighted by atomic mass is 32.2. The fourth-order valence-electron chi connectivity index (χ4n) is 3.97. The molecule has 3 aromatic rings. The van der Waals surface area contributed by atoms with Crippen LogP contribution >= 0.6 is 11.8 Å². The number of rotatable bonds is 7. The summed E-state index contributed by atoms with van der Waals surface area (Å²) >= 11 is 1.35. The van der Waals surface area contributed by atoms with E-state index in [4.69, 9.17) is 0 Å². The number of hydrogen-bond donors (Lipinski definition) is 2. The molecule has 0 saturated heterocycles. The summed E-state index contributed by atoms with van der Waals surface area (Å²) in [6, 6.07) is 8.49. The molecule has 2 aromatic heterocycles.